The molecule has 0 fully saturated rings. The summed E-state index contributed by atoms with van der Waals surface area (Å²) in [6.45, 7) is 15.8. The van der Waals surface area contributed by atoms with Crippen molar-refractivity contribution in [2.24, 2.45) is 0 Å². The highest BCUT2D eigenvalue weighted by Crippen LogP contribution is 2.39. The van der Waals surface area contributed by atoms with Crippen molar-refractivity contribution in [3.05, 3.63) is 70.3 Å². The minimum Gasteiger partial charge on any atom is -0.349 e. The summed E-state index contributed by atoms with van der Waals surface area (Å²) < 4.78 is 0. The number of carbonyl (C=O) groups excluding carboxylic acids is 2. The van der Waals surface area contributed by atoms with Crippen LogP contribution >= 0.6 is 0 Å². The summed E-state index contributed by atoms with van der Waals surface area (Å²) in [4.78, 5) is 25.6. The van der Waals surface area contributed by atoms with E-state index in [1.54, 1.807) is 6.07 Å². The molecule has 0 aliphatic heterocycles. The fraction of sp³-hybridized carbons (Fsp3) is 0.611. The molecule has 0 aliphatic rings. The molecule has 4 nitrogen and oxygen atoms in total. The van der Waals surface area contributed by atoms with Gasteiger partial charge in [-0.15, -0.1) is 0 Å². The summed E-state index contributed by atoms with van der Waals surface area (Å²) in [5.74, 6) is -0.568. The molecular formula is C36H55N2O2. The third-order valence-electron chi connectivity index (χ3n) is 8.98. The molecule has 221 valence electrons. The van der Waals surface area contributed by atoms with Gasteiger partial charge >= 0.3 is 0 Å². The van der Waals surface area contributed by atoms with Crippen molar-refractivity contribution in [3.63, 3.8) is 0 Å². The molecule has 0 aromatic heterocycles. The van der Waals surface area contributed by atoms with Crippen LogP contribution in [0.25, 0.3) is 0 Å². The molecule has 0 aliphatic carbocycles. The number of carbonyl (C=O) groups is 2. The zero-order valence-corrected chi connectivity index (χ0v) is 26.4. The Hall–Kier alpha value is -2.62. The molecule has 0 saturated heterocycles. The smallest absolute Gasteiger partial charge is 0.269 e. The van der Waals surface area contributed by atoms with E-state index in [2.05, 4.69) is 65.9 Å². The van der Waals surface area contributed by atoms with Crippen LogP contribution < -0.4 is 11.1 Å². The molecule has 0 heterocycles. The van der Waals surface area contributed by atoms with Crippen molar-refractivity contribution < 1.29 is 9.59 Å². The number of unbranched alkanes of at least 4 members (excludes halogenated alkanes) is 5. The molecule has 40 heavy (non-hydrogen) atoms. The Morgan fingerprint density at radius 1 is 0.750 bits per heavy atom. The molecule has 4 heteroatoms. The van der Waals surface area contributed by atoms with Gasteiger partial charge in [-0.25, -0.2) is 0 Å². The Morgan fingerprint density at radius 3 is 1.98 bits per heavy atom. The van der Waals surface area contributed by atoms with Gasteiger partial charge in [-0.1, -0.05) is 117 Å². The summed E-state index contributed by atoms with van der Waals surface area (Å²) in [6, 6.07) is 13.9. The lowest BCUT2D eigenvalue weighted by atomic mass is 9.69. The van der Waals surface area contributed by atoms with Gasteiger partial charge in [0.25, 0.3) is 11.8 Å². The minimum atomic E-state index is -0.618. The van der Waals surface area contributed by atoms with E-state index >= 15 is 0 Å². The lowest BCUT2D eigenvalue weighted by Crippen LogP contribution is -2.37. The van der Waals surface area contributed by atoms with E-state index in [0.29, 0.717) is 5.56 Å². The zero-order chi connectivity index (χ0) is 29.8. The lowest BCUT2D eigenvalue weighted by molar-refractivity contribution is 0.0927. The highest BCUT2D eigenvalue weighted by molar-refractivity contribution is 5.96. The first-order chi connectivity index (χ1) is 19.0. The summed E-state index contributed by atoms with van der Waals surface area (Å²) >= 11 is 0. The predicted octanol–water partition coefficient (Wildman–Crippen LogP) is 9.36. The molecule has 2 N–H and O–H groups in total. The zero-order valence-electron chi connectivity index (χ0n) is 26.4. The van der Waals surface area contributed by atoms with Gasteiger partial charge in [0, 0.05) is 17.2 Å². The van der Waals surface area contributed by atoms with E-state index in [1.165, 1.54) is 36.8 Å². The van der Waals surface area contributed by atoms with Crippen molar-refractivity contribution in [2.75, 3.05) is 0 Å². The van der Waals surface area contributed by atoms with Crippen LogP contribution in [0.1, 0.15) is 157 Å². The van der Waals surface area contributed by atoms with Gasteiger partial charge in [0.05, 0.1) is 0 Å². The first-order valence-corrected chi connectivity index (χ1v) is 15.8. The molecule has 2 aromatic rings. The lowest BCUT2D eigenvalue weighted by Gasteiger charge is -2.35. The number of nitrogens with one attached hydrogen (secondary N) is 2. The topological polar surface area (TPSA) is 70.0 Å². The van der Waals surface area contributed by atoms with Crippen LogP contribution in [0.3, 0.4) is 0 Å². The Balaban J connectivity index is 2.22. The summed E-state index contributed by atoms with van der Waals surface area (Å²) in [6.07, 6.45) is 12.6. The Morgan fingerprint density at radius 2 is 1.35 bits per heavy atom. The highest BCUT2D eigenvalue weighted by atomic mass is 16.2. The van der Waals surface area contributed by atoms with Gasteiger partial charge in [0.1, 0.15) is 0 Å². The Kier molecular flexibility index (Phi) is 13.4. The number of amides is 2. The molecule has 2 aromatic carbocycles. The van der Waals surface area contributed by atoms with E-state index in [1.807, 2.05) is 24.3 Å². The molecule has 0 spiro atoms. The third kappa shape index (κ3) is 9.49. The molecule has 1 radical (unpaired) electrons. The van der Waals surface area contributed by atoms with Crippen LogP contribution in [0.5, 0.6) is 0 Å². The van der Waals surface area contributed by atoms with Crippen LogP contribution in [0.15, 0.2) is 42.5 Å². The molecule has 2 amide bonds. The summed E-state index contributed by atoms with van der Waals surface area (Å²) in [5.41, 5.74) is 12.2. The summed E-state index contributed by atoms with van der Waals surface area (Å²) in [7, 11) is 0. The van der Waals surface area contributed by atoms with Crippen molar-refractivity contribution in [1.29, 1.82) is 0 Å². The molecular weight excluding hydrogens is 492 g/mol. The SMILES string of the molecule is CCCCCCCC(CCCCc1ccccc1C([NH])=O)NC(=O)c1cccc(C(C)(C)CC)c1C(C)(C)CC. The number of hydrogen-bond acceptors (Lipinski definition) is 2. The van der Waals surface area contributed by atoms with Gasteiger partial charge < -0.3 is 5.32 Å². The predicted molar refractivity (Wildman–Crippen MR) is 169 cm³/mol. The maximum absolute atomic E-state index is 13.9. The largest absolute Gasteiger partial charge is 0.349 e. The van der Waals surface area contributed by atoms with Crippen molar-refractivity contribution in [3.8, 4) is 0 Å². The Bertz CT molecular complexity index is 1090. The molecule has 2 rings (SSSR count). The van der Waals surface area contributed by atoms with E-state index in [4.69, 9.17) is 5.73 Å². The first kappa shape index (κ1) is 33.6. The summed E-state index contributed by atoms with van der Waals surface area (Å²) in [5, 5.41) is 3.46. The van der Waals surface area contributed by atoms with E-state index in [9.17, 15) is 9.59 Å². The number of aryl methyl sites for hydroxylation is 1. The molecule has 1 atom stereocenters. The van der Waals surface area contributed by atoms with Crippen molar-refractivity contribution in [1.82, 2.24) is 11.1 Å². The normalized spacial score (nSPS) is 12.8. The van der Waals surface area contributed by atoms with Gasteiger partial charge in [-0.3, -0.25) is 15.3 Å². The van der Waals surface area contributed by atoms with Crippen LogP contribution in [-0.4, -0.2) is 17.9 Å². The standard InChI is InChI=1S/C36H55N2O2/c1-8-11-12-13-14-22-28(23-17-15-20-27-21-16-18-24-29(27)33(37)39)38-34(40)30-25-19-26-31(35(4,5)9-2)32(30)36(6,7)10-3/h16,18-19,21,24-26,28,37H,8-15,17,20,22-23H2,1-7H3,(H,38,40). The second-order valence-corrected chi connectivity index (χ2v) is 12.8. The highest BCUT2D eigenvalue weighted by Gasteiger charge is 2.33. The van der Waals surface area contributed by atoms with Crippen LogP contribution in [0.4, 0.5) is 0 Å². The van der Waals surface area contributed by atoms with Crippen molar-refractivity contribution >= 4 is 11.8 Å². The molecule has 0 bridgehead atoms. The second kappa shape index (κ2) is 16.0. The quantitative estimate of drug-likeness (QED) is 0.189. The molecule has 1 unspecified atom stereocenters. The fourth-order valence-corrected chi connectivity index (χ4v) is 5.61. The fourth-order valence-electron chi connectivity index (χ4n) is 5.61. The number of hydrogen-bond donors (Lipinski definition) is 1. The van der Waals surface area contributed by atoms with Gasteiger partial charge in [0.2, 0.25) is 0 Å². The maximum atomic E-state index is 13.9. The number of benzene rings is 2. The average molecular weight is 548 g/mol. The van der Waals surface area contributed by atoms with E-state index < -0.39 is 5.91 Å². The van der Waals surface area contributed by atoms with Gasteiger partial charge in [0.15, 0.2) is 0 Å². The van der Waals surface area contributed by atoms with E-state index in [-0.39, 0.29) is 22.8 Å². The van der Waals surface area contributed by atoms with E-state index in [0.717, 1.165) is 62.5 Å². The average Bonchev–Trinajstić information content (AvgIpc) is 2.94. The minimum absolute atomic E-state index is 0.00648. The van der Waals surface area contributed by atoms with Gasteiger partial charge in [-0.2, -0.15) is 0 Å². The van der Waals surface area contributed by atoms with Gasteiger partial charge in [-0.05, 0) is 78.2 Å². The second-order valence-electron chi connectivity index (χ2n) is 12.8. The Labute approximate surface area is 244 Å². The first-order valence-electron chi connectivity index (χ1n) is 15.8. The van der Waals surface area contributed by atoms with Crippen LogP contribution in [0.2, 0.25) is 0 Å². The monoisotopic (exact) mass is 547 g/mol. The van der Waals surface area contributed by atoms with Crippen LogP contribution in [0, 0.1) is 0 Å². The van der Waals surface area contributed by atoms with Crippen molar-refractivity contribution in [2.45, 2.75) is 142 Å². The third-order valence-corrected chi connectivity index (χ3v) is 8.98. The van der Waals surface area contributed by atoms with Crippen LogP contribution in [-0.2, 0) is 17.3 Å². The number of rotatable bonds is 18. The molecule has 0 saturated carbocycles. The maximum Gasteiger partial charge on any atom is 0.269 e.